The minimum absolute atomic E-state index is 0.0645. The van der Waals surface area contributed by atoms with E-state index in [1.54, 1.807) is 25.4 Å². The number of carbonyl (C=O) groups is 1. The first-order chi connectivity index (χ1) is 15.0. The molecule has 31 heavy (non-hydrogen) atoms. The zero-order valence-electron chi connectivity index (χ0n) is 18.6. The van der Waals surface area contributed by atoms with E-state index in [2.05, 4.69) is 53.6 Å². The molecular formula is C25H30N4O2. The van der Waals surface area contributed by atoms with Crippen LogP contribution >= 0.6 is 0 Å². The lowest BCUT2D eigenvalue weighted by atomic mass is 10.1. The van der Waals surface area contributed by atoms with E-state index in [1.165, 1.54) is 5.56 Å². The third kappa shape index (κ3) is 5.83. The molecule has 0 atom stereocenters. The number of rotatable bonds is 9. The molecule has 0 aliphatic rings. The summed E-state index contributed by atoms with van der Waals surface area (Å²) in [5, 5.41) is 3.25. The third-order valence-electron chi connectivity index (χ3n) is 4.96. The van der Waals surface area contributed by atoms with Gasteiger partial charge in [0.25, 0.3) is 5.91 Å². The van der Waals surface area contributed by atoms with Gasteiger partial charge in [-0.2, -0.15) is 0 Å². The van der Waals surface area contributed by atoms with Crippen molar-refractivity contribution in [2.75, 3.05) is 33.1 Å². The summed E-state index contributed by atoms with van der Waals surface area (Å²) in [5.41, 5.74) is 3.64. The molecule has 6 heteroatoms. The van der Waals surface area contributed by atoms with E-state index in [9.17, 15) is 4.79 Å². The second-order valence-electron chi connectivity index (χ2n) is 7.60. The van der Waals surface area contributed by atoms with Crippen molar-refractivity contribution in [1.82, 2.24) is 14.8 Å². The molecule has 0 saturated heterocycles. The van der Waals surface area contributed by atoms with Gasteiger partial charge in [0, 0.05) is 25.8 Å². The van der Waals surface area contributed by atoms with Crippen molar-refractivity contribution in [3.8, 4) is 5.75 Å². The Bertz CT molecular complexity index is 1000. The number of para-hydroxylation sites is 2. The highest BCUT2D eigenvalue weighted by Gasteiger charge is 2.19. The predicted octanol–water partition coefficient (Wildman–Crippen LogP) is 4.56. The molecule has 0 aliphatic heterocycles. The minimum atomic E-state index is -0.0645. The van der Waals surface area contributed by atoms with Gasteiger partial charge in [-0.3, -0.25) is 4.79 Å². The lowest BCUT2D eigenvalue weighted by molar-refractivity contribution is 0.0753. The van der Waals surface area contributed by atoms with E-state index in [4.69, 9.17) is 4.74 Å². The Hall–Kier alpha value is -3.38. The molecule has 1 heterocycles. The van der Waals surface area contributed by atoms with E-state index in [-0.39, 0.29) is 5.91 Å². The molecular weight excluding hydrogens is 388 g/mol. The van der Waals surface area contributed by atoms with Crippen molar-refractivity contribution in [1.29, 1.82) is 0 Å². The quantitative estimate of drug-likeness (QED) is 0.552. The molecule has 1 aromatic heterocycles. The van der Waals surface area contributed by atoms with Gasteiger partial charge in [0.15, 0.2) is 0 Å². The summed E-state index contributed by atoms with van der Waals surface area (Å²) in [6.45, 7) is 4.02. The van der Waals surface area contributed by atoms with Crippen molar-refractivity contribution in [2.45, 2.75) is 20.0 Å². The molecule has 1 N–H and O–H groups in total. The molecule has 0 spiro atoms. The largest absolute Gasteiger partial charge is 0.495 e. The van der Waals surface area contributed by atoms with Crippen LogP contribution in [0.3, 0.4) is 0 Å². The van der Waals surface area contributed by atoms with Crippen LogP contribution in [0.1, 0.15) is 28.4 Å². The molecule has 162 valence electrons. The van der Waals surface area contributed by atoms with Gasteiger partial charge in [-0.15, -0.1) is 0 Å². The highest BCUT2D eigenvalue weighted by molar-refractivity contribution is 5.99. The van der Waals surface area contributed by atoms with Crippen molar-refractivity contribution in [2.24, 2.45) is 0 Å². The molecule has 0 aliphatic carbocycles. The number of benzene rings is 2. The first-order valence-corrected chi connectivity index (χ1v) is 10.4. The van der Waals surface area contributed by atoms with Crippen LogP contribution in [-0.2, 0) is 13.1 Å². The Morgan fingerprint density at radius 1 is 0.968 bits per heavy atom. The van der Waals surface area contributed by atoms with Crippen LogP contribution in [0.2, 0.25) is 0 Å². The Kier molecular flexibility index (Phi) is 7.62. The number of amides is 1. The second-order valence-corrected chi connectivity index (χ2v) is 7.60. The maximum atomic E-state index is 13.4. The van der Waals surface area contributed by atoms with Gasteiger partial charge in [0.1, 0.15) is 11.6 Å². The first-order valence-electron chi connectivity index (χ1n) is 10.4. The fraction of sp³-hybridized carbons (Fsp3) is 0.280. The fourth-order valence-electron chi connectivity index (χ4n) is 3.39. The average molecular weight is 419 g/mol. The molecule has 1 amide bonds. The van der Waals surface area contributed by atoms with Crippen LogP contribution < -0.4 is 10.1 Å². The number of methoxy groups -OCH3 is 1. The normalized spacial score (nSPS) is 10.7. The van der Waals surface area contributed by atoms with Crippen LogP contribution in [0.25, 0.3) is 0 Å². The topological polar surface area (TPSA) is 57.7 Å². The van der Waals surface area contributed by atoms with Crippen LogP contribution in [0.5, 0.6) is 5.75 Å². The Balaban J connectivity index is 1.79. The minimum Gasteiger partial charge on any atom is -0.495 e. The van der Waals surface area contributed by atoms with Crippen molar-refractivity contribution in [3.63, 3.8) is 0 Å². The molecule has 0 fully saturated rings. The predicted molar refractivity (Wildman–Crippen MR) is 125 cm³/mol. The van der Waals surface area contributed by atoms with Crippen molar-refractivity contribution < 1.29 is 9.53 Å². The standard InChI is InChI=1S/C25H30N4O2/c1-5-29(18-20-14-12-19(13-15-20)17-28(2)3)25(30)21-9-8-16-26-24(21)27-22-10-6-7-11-23(22)31-4/h6-16H,5,17-18H2,1-4H3,(H,26,27). The number of nitrogens with one attached hydrogen (secondary N) is 1. The smallest absolute Gasteiger partial charge is 0.257 e. The number of hydrogen-bond donors (Lipinski definition) is 1. The van der Waals surface area contributed by atoms with Gasteiger partial charge in [-0.1, -0.05) is 36.4 Å². The Morgan fingerprint density at radius 3 is 2.29 bits per heavy atom. The van der Waals surface area contributed by atoms with E-state index in [1.807, 2.05) is 36.1 Å². The zero-order chi connectivity index (χ0) is 22.2. The van der Waals surface area contributed by atoms with Crippen LogP contribution in [-0.4, -0.2) is 48.4 Å². The number of carbonyl (C=O) groups excluding carboxylic acids is 1. The van der Waals surface area contributed by atoms with Gasteiger partial charge in [-0.25, -0.2) is 4.98 Å². The van der Waals surface area contributed by atoms with Gasteiger partial charge in [0.05, 0.1) is 18.4 Å². The van der Waals surface area contributed by atoms with Crippen molar-refractivity contribution in [3.05, 3.63) is 83.6 Å². The van der Waals surface area contributed by atoms with E-state index in [0.29, 0.717) is 30.2 Å². The summed E-state index contributed by atoms with van der Waals surface area (Å²) in [7, 11) is 5.72. The lowest BCUT2D eigenvalue weighted by Crippen LogP contribution is -2.31. The van der Waals surface area contributed by atoms with E-state index >= 15 is 0 Å². The average Bonchev–Trinajstić information content (AvgIpc) is 2.78. The Morgan fingerprint density at radius 2 is 1.65 bits per heavy atom. The molecule has 6 nitrogen and oxygen atoms in total. The summed E-state index contributed by atoms with van der Waals surface area (Å²) in [6, 6.07) is 19.6. The molecule has 3 aromatic rings. The number of aromatic nitrogens is 1. The van der Waals surface area contributed by atoms with E-state index < -0.39 is 0 Å². The van der Waals surface area contributed by atoms with Crippen molar-refractivity contribution >= 4 is 17.4 Å². The third-order valence-corrected chi connectivity index (χ3v) is 4.96. The summed E-state index contributed by atoms with van der Waals surface area (Å²) in [4.78, 5) is 21.7. The fourth-order valence-corrected chi connectivity index (χ4v) is 3.39. The van der Waals surface area contributed by atoms with E-state index in [0.717, 1.165) is 17.8 Å². The maximum absolute atomic E-state index is 13.4. The van der Waals surface area contributed by atoms with Gasteiger partial charge in [-0.05, 0) is 56.4 Å². The summed E-state index contributed by atoms with van der Waals surface area (Å²) in [5.74, 6) is 1.14. The van der Waals surface area contributed by atoms with Gasteiger partial charge in [0.2, 0.25) is 0 Å². The number of ether oxygens (including phenoxy) is 1. The highest BCUT2D eigenvalue weighted by Crippen LogP contribution is 2.28. The monoisotopic (exact) mass is 418 g/mol. The summed E-state index contributed by atoms with van der Waals surface area (Å²) < 4.78 is 5.41. The first kappa shape index (κ1) is 22.3. The van der Waals surface area contributed by atoms with Crippen LogP contribution in [0.4, 0.5) is 11.5 Å². The van der Waals surface area contributed by atoms with Gasteiger partial charge < -0.3 is 19.9 Å². The number of hydrogen-bond acceptors (Lipinski definition) is 5. The lowest BCUT2D eigenvalue weighted by Gasteiger charge is -2.23. The zero-order valence-corrected chi connectivity index (χ0v) is 18.6. The molecule has 2 aromatic carbocycles. The second kappa shape index (κ2) is 10.6. The number of anilines is 2. The molecule has 3 rings (SSSR count). The molecule has 0 radical (unpaired) electrons. The van der Waals surface area contributed by atoms with Gasteiger partial charge >= 0.3 is 0 Å². The molecule has 0 saturated carbocycles. The van der Waals surface area contributed by atoms with Crippen LogP contribution in [0.15, 0.2) is 66.9 Å². The maximum Gasteiger partial charge on any atom is 0.257 e. The Labute approximate surface area is 184 Å². The molecule has 0 unspecified atom stereocenters. The number of pyridine rings is 1. The SMILES string of the molecule is CCN(Cc1ccc(CN(C)C)cc1)C(=O)c1cccnc1Nc1ccccc1OC. The number of nitrogens with zero attached hydrogens (tertiary/aromatic N) is 3. The summed E-state index contributed by atoms with van der Waals surface area (Å²) in [6.07, 6.45) is 1.67. The summed E-state index contributed by atoms with van der Waals surface area (Å²) >= 11 is 0. The molecule has 0 bridgehead atoms. The van der Waals surface area contributed by atoms with Crippen LogP contribution in [0, 0.1) is 0 Å². The highest BCUT2D eigenvalue weighted by atomic mass is 16.5.